The highest BCUT2D eigenvalue weighted by Gasteiger charge is 2.07. The molecule has 0 spiro atoms. The minimum absolute atomic E-state index is 0.795. The molecular formula is C8H17N2O. The lowest BCUT2D eigenvalue weighted by molar-refractivity contribution is 0.116. The van der Waals surface area contributed by atoms with E-state index in [1.54, 1.807) is 7.11 Å². The summed E-state index contributed by atoms with van der Waals surface area (Å²) in [6.45, 7) is 3.87. The van der Waals surface area contributed by atoms with E-state index in [2.05, 4.69) is 10.4 Å². The summed E-state index contributed by atoms with van der Waals surface area (Å²) in [4.78, 5) is 0. The highest BCUT2D eigenvalue weighted by Crippen LogP contribution is 2.02. The molecule has 1 aliphatic rings. The molecule has 1 fully saturated rings. The fourth-order valence-corrected chi connectivity index (χ4v) is 1.24. The number of rotatable bonds is 3. The van der Waals surface area contributed by atoms with Gasteiger partial charge in [-0.05, 0) is 12.8 Å². The summed E-state index contributed by atoms with van der Waals surface area (Å²) in [5, 5.41) is 2.14. The van der Waals surface area contributed by atoms with Gasteiger partial charge < -0.3 is 4.74 Å². The highest BCUT2D eigenvalue weighted by molar-refractivity contribution is 4.57. The summed E-state index contributed by atoms with van der Waals surface area (Å²) in [6, 6.07) is 0. The van der Waals surface area contributed by atoms with E-state index < -0.39 is 0 Å². The van der Waals surface area contributed by atoms with Crippen LogP contribution in [0.25, 0.3) is 0 Å². The van der Waals surface area contributed by atoms with Gasteiger partial charge in [-0.3, -0.25) is 0 Å². The Balaban J connectivity index is 2.09. The molecule has 1 radical (unpaired) electrons. The number of hydrogen-bond acceptors (Lipinski definition) is 2. The number of hydrogen-bond donors (Lipinski definition) is 0. The molecule has 1 aliphatic heterocycles. The molecule has 0 aromatic rings. The first-order valence-electron chi connectivity index (χ1n) is 4.35. The lowest BCUT2D eigenvalue weighted by Gasteiger charge is -2.17. The van der Waals surface area contributed by atoms with Crippen LogP contribution in [0.3, 0.4) is 0 Å². The molecule has 3 heteroatoms. The molecule has 3 nitrogen and oxygen atoms in total. The molecule has 0 atom stereocenters. The zero-order valence-corrected chi connectivity index (χ0v) is 7.25. The molecular weight excluding hydrogens is 140 g/mol. The molecule has 11 heavy (non-hydrogen) atoms. The van der Waals surface area contributed by atoms with E-state index in [0.717, 1.165) is 26.2 Å². The van der Waals surface area contributed by atoms with Crippen molar-refractivity contribution >= 4 is 0 Å². The van der Waals surface area contributed by atoms with Crippen LogP contribution in [0.4, 0.5) is 0 Å². The van der Waals surface area contributed by atoms with Gasteiger partial charge in [0.1, 0.15) is 0 Å². The van der Waals surface area contributed by atoms with Crippen LogP contribution in [0, 0.1) is 0 Å². The van der Waals surface area contributed by atoms with Crippen molar-refractivity contribution in [2.75, 3.05) is 33.4 Å². The number of nitrogens with zero attached hydrogens (tertiary/aromatic N) is 2. The van der Waals surface area contributed by atoms with Crippen LogP contribution < -0.4 is 5.43 Å². The van der Waals surface area contributed by atoms with Crippen LogP contribution in [0.2, 0.25) is 0 Å². The van der Waals surface area contributed by atoms with Crippen molar-refractivity contribution in [3.63, 3.8) is 0 Å². The number of methoxy groups -OCH3 is 1. The van der Waals surface area contributed by atoms with E-state index in [-0.39, 0.29) is 0 Å². The van der Waals surface area contributed by atoms with Gasteiger partial charge in [0.15, 0.2) is 0 Å². The normalized spacial score (nSPS) is 21.5. The van der Waals surface area contributed by atoms with Crippen LogP contribution in [-0.4, -0.2) is 38.4 Å². The average Bonchev–Trinajstić information content (AvgIpc) is 2.28. The second-order valence-electron chi connectivity index (χ2n) is 2.87. The summed E-state index contributed by atoms with van der Waals surface area (Å²) >= 11 is 0. The Morgan fingerprint density at radius 1 is 1.36 bits per heavy atom. The van der Waals surface area contributed by atoms with Crippen LogP contribution in [0.15, 0.2) is 0 Å². The molecule has 1 saturated heterocycles. The Bertz CT molecular complexity index is 90.1. The van der Waals surface area contributed by atoms with Gasteiger partial charge >= 0.3 is 0 Å². The largest absolute Gasteiger partial charge is 0.383 e. The fourth-order valence-electron chi connectivity index (χ4n) is 1.24. The number of ether oxygens (including phenoxy) is 1. The van der Waals surface area contributed by atoms with E-state index in [9.17, 15) is 0 Å². The molecule has 0 aromatic heterocycles. The third kappa shape index (κ3) is 3.70. The van der Waals surface area contributed by atoms with Crippen molar-refractivity contribution in [2.24, 2.45) is 0 Å². The molecule has 0 aromatic carbocycles. The minimum atomic E-state index is 0.795. The first-order chi connectivity index (χ1) is 5.43. The van der Waals surface area contributed by atoms with Crippen molar-refractivity contribution in [1.82, 2.24) is 10.4 Å². The van der Waals surface area contributed by atoms with Crippen molar-refractivity contribution in [2.45, 2.75) is 19.3 Å². The molecule has 0 unspecified atom stereocenters. The lowest BCUT2D eigenvalue weighted by atomic mass is 10.2. The second-order valence-corrected chi connectivity index (χ2v) is 2.87. The quantitative estimate of drug-likeness (QED) is 0.601. The Labute approximate surface area is 68.7 Å². The molecule has 0 N–H and O–H groups in total. The standard InChI is InChI=1S/C8H17N2O/c1-11-8-7-10-6-4-2-3-5-9-10/h2-8H2,1H3. The maximum Gasteiger partial charge on any atom is 0.0604 e. The maximum atomic E-state index is 4.98. The second kappa shape index (κ2) is 5.52. The average molecular weight is 157 g/mol. The van der Waals surface area contributed by atoms with E-state index in [1.165, 1.54) is 19.3 Å². The molecule has 1 rings (SSSR count). The summed E-state index contributed by atoms with van der Waals surface area (Å²) in [5.41, 5.74) is 4.41. The van der Waals surface area contributed by atoms with Crippen molar-refractivity contribution in [3.05, 3.63) is 0 Å². The van der Waals surface area contributed by atoms with Gasteiger partial charge in [0.25, 0.3) is 0 Å². The smallest absolute Gasteiger partial charge is 0.0604 e. The van der Waals surface area contributed by atoms with Crippen LogP contribution in [0.1, 0.15) is 19.3 Å². The van der Waals surface area contributed by atoms with Gasteiger partial charge in [-0.25, -0.2) is 5.01 Å². The summed E-state index contributed by atoms with van der Waals surface area (Å²) in [7, 11) is 1.73. The molecule has 0 amide bonds. The van der Waals surface area contributed by atoms with Gasteiger partial charge in [0.05, 0.1) is 6.61 Å². The molecule has 0 saturated carbocycles. The minimum Gasteiger partial charge on any atom is -0.383 e. The van der Waals surface area contributed by atoms with Gasteiger partial charge in [0, 0.05) is 26.7 Å². The molecule has 1 heterocycles. The molecule has 0 aliphatic carbocycles. The van der Waals surface area contributed by atoms with Crippen molar-refractivity contribution in [1.29, 1.82) is 0 Å². The zero-order valence-electron chi connectivity index (χ0n) is 7.25. The first-order valence-corrected chi connectivity index (χ1v) is 4.35. The topological polar surface area (TPSA) is 26.6 Å². The van der Waals surface area contributed by atoms with Crippen molar-refractivity contribution in [3.8, 4) is 0 Å². The summed E-state index contributed by atoms with van der Waals surface area (Å²) in [5.74, 6) is 0. The fraction of sp³-hybridized carbons (Fsp3) is 1.00. The Hall–Kier alpha value is -0.120. The Morgan fingerprint density at radius 3 is 3.09 bits per heavy atom. The van der Waals surface area contributed by atoms with Crippen molar-refractivity contribution < 1.29 is 4.74 Å². The van der Waals surface area contributed by atoms with Gasteiger partial charge in [-0.15, -0.1) is 0 Å². The van der Waals surface area contributed by atoms with Gasteiger partial charge in [0.2, 0.25) is 0 Å². The first kappa shape index (κ1) is 8.97. The van der Waals surface area contributed by atoms with Crippen LogP contribution in [0.5, 0.6) is 0 Å². The predicted molar refractivity (Wildman–Crippen MR) is 44.3 cm³/mol. The summed E-state index contributed by atoms with van der Waals surface area (Å²) in [6.07, 6.45) is 3.86. The third-order valence-corrected chi connectivity index (χ3v) is 1.93. The van der Waals surface area contributed by atoms with E-state index in [1.807, 2.05) is 0 Å². The predicted octanol–water partition coefficient (Wildman–Crippen LogP) is 0.638. The lowest BCUT2D eigenvalue weighted by Crippen LogP contribution is -2.34. The van der Waals surface area contributed by atoms with Crippen LogP contribution in [-0.2, 0) is 4.74 Å². The monoisotopic (exact) mass is 157 g/mol. The van der Waals surface area contributed by atoms with Crippen LogP contribution >= 0.6 is 0 Å². The highest BCUT2D eigenvalue weighted by atomic mass is 16.5. The Morgan fingerprint density at radius 2 is 2.27 bits per heavy atom. The Kier molecular flexibility index (Phi) is 4.50. The summed E-state index contributed by atoms with van der Waals surface area (Å²) < 4.78 is 4.98. The van der Waals surface area contributed by atoms with E-state index >= 15 is 0 Å². The maximum absolute atomic E-state index is 4.98. The third-order valence-electron chi connectivity index (χ3n) is 1.93. The van der Waals surface area contributed by atoms with E-state index in [0.29, 0.717) is 0 Å². The SMILES string of the molecule is COCCN1CCCCC[N]1. The van der Waals surface area contributed by atoms with Gasteiger partial charge in [-0.2, -0.15) is 5.43 Å². The zero-order chi connectivity index (χ0) is 7.94. The van der Waals surface area contributed by atoms with Gasteiger partial charge in [-0.1, -0.05) is 6.42 Å². The molecule has 0 bridgehead atoms. The van der Waals surface area contributed by atoms with E-state index in [4.69, 9.17) is 4.74 Å². The molecule has 65 valence electrons.